The molecule has 4 aliphatic rings. The third kappa shape index (κ3) is 5.08. The second kappa shape index (κ2) is 8.63. The van der Waals surface area contributed by atoms with Gasteiger partial charge in [0.1, 0.15) is 11.5 Å². The van der Waals surface area contributed by atoms with E-state index in [1.54, 1.807) is 0 Å². The first-order valence-electron chi connectivity index (χ1n) is 13.9. The van der Waals surface area contributed by atoms with Crippen LogP contribution in [0, 0.1) is 28.6 Å². The molecule has 0 aromatic rings. The fourth-order valence-electron chi connectivity index (χ4n) is 7.86. The summed E-state index contributed by atoms with van der Waals surface area (Å²) in [5.41, 5.74) is 2.06. The third-order valence-corrected chi connectivity index (χ3v) is 11.7. The van der Waals surface area contributed by atoms with E-state index in [-0.39, 0.29) is 5.41 Å². The van der Waals surface area contributed by atoms with E-state index in [9.17, 15) is 0 Å². The summed E-state index contributed by atoms with van der Waals surface area (Å²) < 4.78 is 20.3. The topological polar surface area (TPSA) is 27.7 Å². The van der Waals surface area contributed by atoms with Crippen LogP contribution in [0.3, 0.4) is 0 Å². The minimum absolute atomic E-state index is 0.212. The van der Waals surface area contributed by atoms with Crippen LogP contribution in [-0.4, -0.2) is 31.1 Å². The van der Waals surface area contributed by atoms with Gasteiger partial charge in [-0.05, 0) is 132 Å². The molecule has 0 aromatic heterocycles. The Morgan fingerprint density at radius 2 is 1.41 bits per heavy atom. The van der Waals surface area contributed by atoms with Gasteiger partial charge in [-0.25, -0.2) is 0 Å². The van der Waals surface area contributed by atoms with Crippen LogP contribution >= 0.6 is 0 Å². The standard InChI is InChI=1S/C28H52O3Si3/c1-27-19-17-24(29-32(3,4)5)26(31-34(9,10)11)23(27)13-12-20-21-14-15-25(30-33(6,7)8)28(21,2)18-16-22(20)27/h13,20-22,25H,12,14-19H2,1-11H3. The van der Waals surface area contributed by atoms with Gasteiger partial charge in [0.2, 0.25) is 16.6 Å². The summed E-state index contributed by atoms with van der Waals surface area (Å²) in [7, 11) is -4.98. The second-order valence-corrected chi connectivity index (χ2v) is 28.5. The van der Waals surface area contributed by atoms with E-state index < -0.39 is 25.0 Å². The highest BCUT2D eigenvalue weighted by Gasteiger charge is 2.60. The maximum atomic E-state index is 6.86. The molecule has 6 atom stereocenters. The van der Waals surface area contributed by atoms with Crippen molar-refractivity contribution in [3.63, 3.8) is 0 Å². The van der Waals surface area contributed by atoms with E-state index in [2.05, 4.69) is 78.8 Å². The Kier molecular flexibility index (Phi) is 6.79. The van der Waals surface area contributed by atoms with E-state index >= 15 is 0 Å². The van der Waals surface area contributed by atoms with E-state index in [1.807, 2.05) is 0 Å². The van der Waals surface area contributed by atoms with Gasteiger partial charge in [-0.1, -0.05) is 19.9 Å². The Bertz CT molecular complexity index is 860. The molecule has 0 N–H and O–H groups in total. The van der Waals surface area contributed by atoms with Crippen molar-refractivity contribution in [2.24, 2.45) is 28.6 Å². The second-order valence-electron chi connectivity index (χ2n) is 15.2. The largest absolute Gasteiger partial charge is 0.545 e. The van der Waals surface area contributed by atoms with E-state index in [0.717, 1.165) is 35.7 Å². The molecule has 6 heteroatoms. The van der Waals surface area contributed by atoms with Crippen molar-refractivity contribution < 1.29 is 13.3 Å². The molecule has 0 heterocycles. The molecule has 0 spiro atoms. The third-order valence-electron chi connectivity index (χ3n) is 9.08. The first-order chi connectivity index (χ1) is 15.4. The molecule has 4 aliphatic carbocycles. The monoisotopic (exact) mass is 520 g/mol. The summed E-state index contributed by atoms with van der Waals surface area (Å²) >= 11 is 0. The molecule has 3 nitrogen and oxygen atoms in total. The molecular formula is C28H52O3Si3. The normalized spacial score (nSPS) is 38.6. The minimum Gasteiger partial charge on any atom is -0.545 e. The smallest absolute Gasteiger partial charge is 0.242 e. The summed E-state index contributed by atoms with van der Waals surface area (Å²) in [6.45, 7) is 26.1. The minimum atomic E-state index is -1.76. The van der Waals surface area contributed by atoms with Crippen molar-refractivity contribution in [3.05, 3.63) is 23.2 Å². The summed E-state index contributed by atoms with van der Waals surface area (Å²) in [4.78, 5) is 0. The van der Waals surface area contributed by atoms with Crippen molar-refractivity contribution in [1.29, 1.82) is 0 Å². The molecule has 0 aliphatic heterocycles. The molecule has 4 rings (SSSR count). The van der Waals surface area contributed by atoms with E-state index in [1.165, 1.54) is 44.1 Å². The molecule has 0 radical (unpaired) electrons. The van der Waals surface area contributed by atoms with Gasteiger partial charge in [0.25, 0.3) is 0 Å². The van der Waals surface area contributed by atoms with Gasteiger partial charge < -0.3 is 13.3 Å². The van der Waals surface area contributed by atoms with Crippen LogP contribution in [0.2, 0.25) is 58.9 Å². The highest BCUT2D eigenvalue weighted by Crippen LogP contribution is 2.66. The zero-order chi connectivity index (χ0) is 25.3. The van der Waals surface area contributed by atoms with Crippen LogP contribution in [-0.2, 0) is 13.3 Å². The molecule has 0 saturated heterocycles. The lowest BCUT2D eigenvalue weighted by Crippen LogP contribution is -2.52. The van der Waals surface area contributed by atoms with E-state index in [4.69, 9.17) is 13.3 Å². The Morgan fingerprint density at radius 3 is 2.00 bits per heavy atom. The number of hydrogen-bond donors (Lipinski definition) is 0. The number of fused-ring (bicyclic) bond motifs is 5. The maximum absolute atomic E-state index is 6.86. The fourth-order valence-corrected chi connectivity index (χ4v) is 10.9. The van der Waals surface area contributed by atoms with Crippen LogP contribution in [0.15, 0.2) is 23.2 Å². The average molecular weight is 521 g/mol. The van der Waals surface area contributed by atoms with Crippen molar-refractivity contribution in [3.8, 4) is 0 Å². The van der Waals surface area contributed by atoms with Gasteiger partial charge in [-0.2, -0.15) is 0 Å². The quantitative estimate of drug-likeness (QED) is 0.328. The van der Waals surface area contributed by atoms with E-state index in [0.29, 0.717) is 11.5 Å². The van der Waals surface area contributed by atoms with Crippen molar-refractivity contribution >= 4 is 25.0 Å². The van der Waals surface area contributed by atoms with Gasteiger partial charge in [0.15, 0.2) is 8.32 Å². The average Bonchev–Trinajstić information content (AvgIpc) is 2.96. The van der Waals surface area contributed by atoms with Gasteiger partial charge >= 0.3 is 0 Å². The molecule has 2 saturated carbocycles. The molecule has 0 aromatic carbocycles. The molecule has 2 fully saturated rings. The Morgan fingerprint density at radius 1 is 0.765 bits per heavy atom. The predicted octanol–water partition coefficient (Wildman–Crippen LogP) is 8.69. The van der Waals surface area contributed by atoms with Gasteiger partial charge in [0, 0.05) is 6.42 Å². The Hall–Kier alpha value is -0.309. The summed E-state index contributed by atoms with van der Waals surface area (Å²) in [6.07, 6.45) is 11.8. The molecule has 6 unspecified atom stereocenters. The van der Waals surface area contributed by atoms with Crippen LogP contribution in [0.1, 0.15) is 58.8 Å². The van der Waals surface area contributed by atoms with Crippen molar-refractivity contribution in [2.75, 3.05) is 0 Å². The predicted molar refractivity (Wildman–Crippen MR) is 151 cm³/mol. The van der Waals surface area contributed by atoms with Gasteiger partial charge in [0.05, 0.1) is 6.10 Å². The molecule has 34 heavy (non-hydrogen) atoms. The fraction of sp³-hybridized carbons (Fsp3) is 0.857. The SMILES string of the molecule is CC12CCC(O[Si](C)(C)C)=C(O[Si](C)(C)C)C1=CCC1C2CCC2(C)C(O[Si](C)(C)C)CCC12. The van der Waals surface area contributed by atoms with Crippen LogP contribution < -0.4 is 0 Å². The number of hydrogen-bond acceptors (Lipinski definition) is 3. The molecular weight excluding hydrogens is 469 g/mol. The first kappa shape index (κ1) is 26.7. The molecule has 194 valence electrons. The lowest BCUT2D eigenvalue weighted by molar-refractivity contribution is -0.0598. The Balaban J connectivity index is 1.68. The van der Waals surface area contributed by atoms with Crippen molar-refractivity contribution in [1.82, 2.24) is 0 Å². The van der Waals surface area contributed by atoms with Crippen LogP contribution in [0.25, 0.3) is 0 Å². The Labute approximate surface area is 213 Å². The number of allylic oxidation sites excluding steroid dienone is 3. The number of rotatable bonds is 6. The summed E-state index contributed by atoms with van der Waals surface area (Å²) in [5, 5.41) is 0. The van der Waals surface area contributed by atoms with Crippen LogP contribution in [0.5, 0.6) is 0 Å². The lowest BCUT2D eigenvalue weighted by Gasteiger charge is -2.58. The van der Waals surface area contributed by atoms with Crippen molar-refractivity contribution in [2.45, 2.75) is 124 Å². The summed E-state index contributed by atoms with van der Waals surface area (Å²) in [5.74, 6) is 4.65. The summed E-state index contributed by atoms with van der Waals surface area (Å²) in [6, 6.07) is 0. The first-order valence-corrected chi connectivity index (χ1v) is 24.2. The zero-order valence-electron chi connectivity index (χ0n) is 24.1. The lowest BCUT2D eigenvalue weighted by atomic mass is 9.48. The maximum Gasteiger partial charge on any atom is 0.242 e. The molecule has 0 amide bonds. The van der Waals surface area contributed by atoms with Gasteiger partial charge in [-0.15, -0.1) is 0 Å². The highest BCUT2D eigenvalue weighted by molar-refractivity contribution is 6.70. The zero-order valence-corrected chi connectivity index (χ0v) is 27.1. The van der Waals surface area contributed by atoms with Gasteiger partial charge in [-0.3, -0.25) is 0 Å². The highest BCUT2D eigenvalue weighted by atomic mass is 28.4. The molecule has 0 bridgehead atoms. The van der Waals surface area contributed by atoms with Crippen LogP contribution in [0.4, 0.5) is 0 Å².